The van der Waals surface area contributed by atoms with Crippen LogP contribution in [0.1, 0.15) is 24.2 Å². The smallest absolute Gasteiger partial charge is 0.221 e. The number of fused-ring (bicyclic) bond motifs is 1. The molecule has 0 amide bonds. The van der Waals surface area contributed by atoms with Crippen LogP contribution < -0.4 is 15.4 Å². The summed E-state index contributed by atoms with van der Waals surface area (Å²) in [4.78, 5) is 15.0. The zero-order valence-corrected chi connectivity index (χ0v) is 15.2. The van der Waals surface area contributed by atoms with Crippen LogP contribution in [0.4, 0.5) is 11.8 Å². The lowest BCUT2D eigenvalue weighted by atomic mass is 9.78. The Kier molecular flexibility index (Phi) is 4.40. The molecule has 2 aromatic heterocycles. The molecule has 1 saturated carbocycles. The summed E-state index contributed by atoms with van der Waals surface area (Å²) in [6, 6.07) is 5.78. The van der Waals surface area contributed by atoms with Gasteiger partial charge in [0.15, 0.2) is 0 Å². The van der Waals surface area contributed by atoms with E-state index in [1.807, 2.05) is 32.0 Å². The van der Waals surface area contributed by atoms with E-state index in [2.05, 4.69) is 19.9 Å². The molecule has 1 aliphatic heterocycles. The zero-order valence-electron chi connectivity index (χ0n) is 15.2. The van der Waals surface area contributed by atoms with Crippen molar-refractivity contribution in [3.8, 4) is 5.75 Å². The molecule has 0 aromatic carbocycles. The van der Waals surface area contributed by atoms with Crippen LogP contribution >= 0.6 is 0 Å². The Morgan fingerprint density at radius 3 is 2.62 bits per heavy atom. The summed E-state index contributed by atoms with van der Waals surface area (Å²) in [7, 11) is 0. The van der Waals surface area contributed by atoms with Crippen molar-refractivity contribution in [3.05, 3.63) is 35.8 Å². The number of aryl methyl sites for hydroxylation is 2. The van der Waals surface area contributed by atoms with E-state index in [9.17, 15) is 5.11 Å². The van der Waals surface area contributed by atoms with E-state index in [1.54, 1.807) is 6.20 Å². The third-order valence-corrected chi connectivity index (χ3v) is 5.52. The Bertz CT molecular complexity index is 799. The van der Waals surface area contributed by atoms with Gasteiger partial charge in [0.25, 0.3) is 0 Å². The molecule has 3 N–H and O–H groups in total. The Balaban J connectivity index is 1.46. The molecule has 2 fully saturated rings. The van der Waals surface area contributed by atoms with E-state index >= 15 is 0 Å². The highest BCUT2D eigenvalue weighted by atomic mass is 16.5. The lowest BCUT2D eigenvalue weighted by Crippen LogP contribution is -2.42. The van der Waals surface area contributed by atoms with Crippen LogP contribution in [-0.2, 0) is 0 Å². The topological polar surface area (TPSA) is 97.4 Å². The molecule has 138 valence electrons. The summed E-state index contributed by atoms with van der Waals surface area (Å²) < 4.78 is 6.14. The number of hydrogen-bond donors (Lipinski definition) is 2. The van der Waals surface area contributed by atoms with E-state index in [4.69, 9.17) is 10.5 Å². The average Bonchev–Trinajstić information content (AvgIpc) is 3.00. The standard InChI is InChI=1S/C19H25N5O2/c1-11-3-4-16(12(2)22-11)26-17-8-14-10-24(9-13(14)7-15(17)25)18-5-6-21-19(20)23-18/h3-6,13-15,17,25H,7-10H2,1-2H3,(H2,20,21,23)/t13-,14+,15+,17+/m0/s1. The number of rotatable bonds is 3. The Labute approximate surface area is 153 Å². The fraction of sp³-hybridized carbons (Fsp3) is 0.526. The van der Waals surface area contributed by atoms with Gasteiger partial charge in [0, 0.05) is 25.0 Å². The minimum Gasteiger partial charge on any atom is -0.486 e. The van der Waals surface area contributed by atoms with Gasteiger partial charge < -0.3 is 20.5 Å². The lowest BCUT2D eigenvalue weighted by molar-refractivity contribution is -0.0236. The highest BCUT2D eigenvalue weighted by Crippen LogP contribution is 2.39. The first-order chi connectivity index (χ1) is 12.5. The first-order valence-corrected chi connectivity index (χ1v) is 9.12. The molecular weight excluding hydrogens is 330 g/mol. The molecule has 1 aliphatic carbocycles. The van der Waals surface area contributed by atoms with Gasteiger partial charge in [-0.15, -0.1) is 0 Å². The molecule has 1 saturated heterocycles. The van der Waals surface area contributed by atoms with Crippen molar-refractivity contribution in [1.29, 1.82) is 0 Å². The Hall–Kier alpha value is -2.41. The number of aliphatic hydroxyl groups is 1. The van der Waals surface area contributed by atoms with Gasteiger partial charge in [0.1, 0.15) is 17.7 Å². The number of aromatic nitrogens is 3. The normalized spacial score (nSPS) is 28.0. The van der Waals surface area contributed by atoms with E-state index in [0.29, 0.717) is 17.8 Å². The molecule has 3 heterocycles. The second-order valence-corrected chi connectivity index (χ2v) is 7.43. The predicted molar refractivity (Wildman–Crippen MR) is 99.0 cm³/mol. The molecule has 0 spiro atoms. The second-order valence-electron chi connectivity index (χ2n) is 7.43. The van der Waals surface area contributed by atoms with Gasteiger partial charge in [-0.2, -0.15) is 4.98 Å². The summed E-state index contributed by atoms with van der Waals surface area (Å²) >= 11 is 0. The van der Waals surface area contributed by atoms with Gasteiger partial charge in [-0.1, -0.05) is 0 Å². The molecule has 0 bridgehead atoms. The zero-order chi connectivity index (χ0) is 18.3. The third-order valence-electron chi connectivity index (χ3n) is 5.52. The van der Waals surface area contributed by atoms with Crippen LogP contribution in [0.2, 0.25) is 0 Å². The maximum absolute atomic E-state index is 10.6. The number of anilines is 2. The fourth-order valence-electron chi connectivity index (χ4n) is 4.21. The predicted octanol–water partition coefficient (Wildman–Crippen LogP) is 1.73. The van der Waals surface area contributed by atoms with Crippen LogP contribution in [0, 0.1) is 25.7 Å². The van der Waals surface area contributed by atoms with Gasteiger partial charge >= 0.3 is 0 Å². The van der Waals surface area contributed by atoms with Crippen molar-refractivity contribution in [1.82, 2.24) is 15.0 Å². The third kappa shape index (κ3) is 3.31. The maximum atomic E-state index is 10.6. The van der Waals surface area contributed by atoms with Crippen molar-refractivity contribution in [2.45, 2.75) is 38.9 Å². The average molecular weight is 355 g/mol. The minimum absolute atomic E-state index is 0.199. The summed E-state index contributed by atoms with van der Waals surface area (Å²) in [5.74, 6) is 2.83. The van der Waals surface area contributed by atoms with Crippen molar-refractivity contribution < 1.29 is 9.84 Å². The van der Waals surface area contributed by atoms with Gasteiger partial charge in [-0.25, -0.2) is 4.98 Å². The monoisotopic (exact) mass is 355 g/mol. The summed E-state index contributed by atoms with van der Waals surface area (Å²) in [6.07, 6.45) is 2.59. The summed E-state index contributed by atoms with van der Waals surface area (Å²) in [5.41, 5.74) is 7.54. The second kappa shape index (κ2) is 6.72. The summed E-state index contributed by atoms with van der Waals surface area (Å²) in [5, 5.41) is 10.6. The minimum atomic E-state index is -0.465. The molecule has 0 radical (unpaired) electrons. The van der Waals surface area contributed by atoms with Crippen LogP contribution in [0.5, 0.6) is 5.75 Å². The number of nitrogens with two attached hydrogens (primary N) is 1. The number of ether oxygens (including phenoxy) is 1. The highest BCUT2D eigenvalue weighted by Gasteiger charge is 2.43. The van der Waals surface area contributed by atoms with Gasteiger partial charge in [-0.3, -0.25) is 4.98 Å². The first kappa shape index (κ1) is 17.0. The van der Waals surface area contributed by atoms with E-state index in [0.717, 1.165) is 48.9 Å². The van der Waals surface area contributed by atoms with Gasteiger partial charge in [-0.05, 0) is 56.7 Å². The maximum Gasteiger partial charge on any atom is 0.221 e. The quantitative estimate of drug-likeness (QED) is 0.865. The molecule has 2 aromatic rings. The number of nitrogens with zero attached hydrogens (tertiary/aromatic N) is 4. The molecule has 7 heteroatoms. The largest absolute Gasteiger partial charge is 0.486 e. The van der Waals surface area contributed by atoms with E-state index in [-0.39, 0.29) is 6.10 Å². The number of nitrogen functional groups attached to an aromatic ring is 1. The summed E-state index contributed by atoms with van der Waals surface area (Å²) in [6.45, 7) is 5.69. The van der Waals surface area contributed by atoms with Crippen LogP contribution in [0.3, 0.4) is 0 Å². The number of pyridine rings is 1. The highest BCUT2D eigenvalue weighted by molar-refractivity contribution is 5.42. The van der Waals surface area contributed by atoms with Gasteiger partial charge in [0.05, 0.1) is 11.8 Å². The molecule has 4 rings (SSSR count). The van der Waals surface area contributed by atoms with Crippen LogP contribution in [0.25, 0.3) is 0 Å². The number of hydrogen-bond acceptors (Lipinski definition) is 7. The fourth-order valence-corrected chi connectivity index (χ4v) is 4.21. The van der Waals surface area contributed by atoms with Crippen LogP contribution in [0.15, 0.2) is 24.4 Å². The van der Waals surface area contributed by atoms with Crippen molar-refractivity contribution in [2.75, 3.05) is 23.7 Å². The van der Waals surface area contributed by atoms with Crippen LogP contribution in [-0.4, -0.2) is 45.4 Å². The Morgan fingerprint density at radius 1 is 1.12 bits per heavy atom. The molecule has 4 atom stereocenters. The van der Waals surface area contributed by atoms with E-state index in [1.165, 1.54) is 0 Å². The van der Waals surface area contributed by atoms with E-state index < -0.39 is 6.10 Å². The molecule has 7 nitrogen and oxygen atoms in total. The lowest BCUT2D eigenvalue weighted by Gasteiger charge is -2.35. The van der Waals surface area contributed by atoms with Crippen molar-refractivity contribution >= 4 is 11.8 Å². The molecule has 2 aliphatic rings. The first-order valence-electron chi connectivity index (χ1n) is 9.12. The van der Waals surface area contributed by atoms with Crippen molar-refractivity contribution in [2.24, 2.45) is 11.8 Å². The SMILES string of the molecule is Cc1ccc(O[C@@H]2C[C@@H]3CN(c4ccnc(N)n4)C[C@@H]3C[C@H]2O)c(C)n1. The Morgan fingerprint density at radius 2 is 1.88 bits per heavy atom. The molecule has 26 heavy (non-hydrogen) atoms. The molecule has 0 unspecified atom stereocenters. The van der Waals surface area contributed by atoms with Gasteiger partial charge in [0.2, 0.25) is 5.95 Å². The van der Waals surface area contributed by atoms with Crippen molar-refractivity contribution in [3.63, 3.8) is 0 Å². The molecular formula is C19H25N5O2. The number of aliphatic hydroxyl groups excluding tert-OH is 1.